The van der Waals surface area contributed by atoms with Crippen LogP contribution in [0.5, 0.6) is 5.75 Å². The lowest BCUT2D eigenvalue weighted by molar-refractivity contribution is 0.241. The van der Waals surface area contributed by atoms with E-state index in [-0.39, 0.29) is 6.10 Å². The molecule has 4 nitrogen and oxygen atoms in total. The molecule has 0 atom stereocenters. The first-order chi connectivity index (χ1) is 9.51. The molecule has 0 fully saturated rings. The Labute approximate surface area is 120 Å². The van der Waals surface area contributed by atoms with Gasteiger partial charge >= 0.3 is 0 Å². The van der Waals surface area contributed by atoms with Crippen molar-refractivity contribution in [2.24, 2.45) is 5.73 Å². The predicted octanol–water partition coefficient (Wildman–Crippen LogP) is 2.98. The molecule has 1 aromatic heterocycles. The molecule has 0 radical (unpaired) electrons. The molecule has 1 aromatic carbocycles. The molecule has 0 bridgehead atoms. The number of nitrogens with zero attached hydrogens (tertiary/aromatic N) is 1. The second-order valence-electron chi connectivity index (χ2n) is 5.34. The Balaban J connectivity index is 2.31. The van der Waals surface area contributed by atoms with Crippen LogP contribution in [0.4, 0.5) is 0 Å². The van der Waals surface area contributed by atoms with Crippen LogP contribution in [0.2, 0.25) is 0 Å². The van der Waals surface area contributed by atoms with Crippen LogP contribution in [0.25, 0.3) is 11.3 Å². The normalized spacial score (nSPS) is 11.1. The fourth-order valence-electron chi connectivity index (χ4n) is 2.24. The van der Waals surface area contributed by atoms with E-state index in [4.69, 9.17) is 10.5 Å². The monoisotopic (exact) mass is 273 g/mol. The zero-order valence-corrected chi connectivity index (χ0v) is 12.7. The van der Waals surface area contributed by atoms with Crippen LogP contribution in [0.15, 0.2) is 18.2 Å². The van der Waals surface area contributed by atoms with E-state index in [2.05, 4.69) is 29.0 Å². The van der Waals surface area contributed by atoms with Gasteiger partial charge in [0.2, 0.25) is 0 Å². The molecule has 0 saturated heterocycles. The van der Waals surface area contributed by atoms with Crippen molar-refractivity contribution in [3.8, 4) is 17.0 Å². The topological polar surface area (TPSA) is 63.9 Å². The number of aryl methyl sites for hydroxylation is 2. The molecule has 0 saturated carbocycles. The van der Waals surface area contributed by atoms with Crippen molar-refractivity contribution in [3.63, 3.8) is 0 Å². The number of aromatic nitrogens is 2. The fraction of sp³-hybridized carbons (Fsp3) is 0.438. The number of nitrogens with two attached hydrogens (primary N) is 1. The average Bonchev–Trinajstić information content (AvgIpc) is 2.73. The van der Waals surface area contributed by atoms with Crippen molar-refractivity contribution >= 4 is 0 Å². The Morgan fingerprint density at radius 1 is 1.30 bits per heavy atom. The first-order valence-corrected chi connectivity index (χ1v) is 7.04. The molecule has 0 aliphatic rings. The Morgan fingerprint density at radius 3 is 2.65 bits per heavy atom. The minimum Gasteiger partial charge on any atom is -0.491 e. The zero-order chi connectivity index (χ0) is 14.7. The fourth-order valence-corrected chi connectivity index (χ4v) is 2.24. The molecule has 0 spiro atoms. The smallest absolute Gasteiger partial charge is 0.122 e. The van der Waals surface area contributed by atoms with Crippen LogP contribution in [0, 0.1) is 13.8 Å². The van der Waals surface area contributed by atoms with Crippen molar-refractivity contribution in [2.45, 2.75) is 40.2 Å². The molecular weight excluding hydrogens is 250 g/mol. The number of aromatic amines is 1. The standard InChI is InChI=1S/C16H23N3O/c1-10(2)20-14-6-5-13(9-11(14)3)16-12(4)18-15(19-16)7-8-17/h5-6,9-10H,7-8,17H2,1-4H3,(H,18,19). The summed E-state index contributed by atoms with van der Waals surface area (Å²) in [5, 5.41) is 0. The maximum atomic E-state index is 5.77. The number of nitrogens with one attached hydrogen (secondary N) is 1. The summed E-state index contributed by atoms with van der Waals surface area (Å²) in [7, 11) is 0. The molecule has 0 aliphatic heterocycles. The number of hydrogen-bond acceptors (Lipinski definition) is 3. The van der Waals surface area contributed by atoms with Crippen LogP contribution in [0.3, 0.4) is 0 Å². The van der Waals surface area contributed by atoms with Gasteiger partial charge in [-0.1, -0.05) is 0 Å². The van der Waals surface area contributed by atoms with Crippen molar-refractivity contribution in [2.75, 3.05) is 6.54 Å². The molecular formula is C16H23N3O. The number of hydrogen-bond donors (Lipinski definition) is 2. The highest BCUT2D eigenvalue weighted by Gasteiger charge is 2.11. The summed E-state index contributed by atoms with van der Waals surface area (Å²) in [5.74, 6) is 1.87. The Kier molecular flexibility index (Phi) is 4.45. The first kappa shape index (κ1) is 14.6. The van der Waals surface area contributed by atoms with Crippen molar-refractivity contribution in [1.29, 1.82) is 0 Å². The predicted molar refractivity (Wildman–Crippen MR) is 82.0 cm³/mol. The average molecular weight is 273 g/mol. The van der Waals surface area contributed by atoms with Crippen LogP contribution < -0.4 is 10.5 Å². The molecule has 4 heteroatoms. The molecule has 3 N–H and O–H groups in total. The Bertz CT molecular complexity index is 587. The number of ether oxygens (including phenoxy) is 1. The van der Waals surface area contributed by atoms with Gasteiger partial charge in [-0.3, -0.25) is 0 Å². The van der Waals surface area contributed by atoms with E-state index in [1.807, 2.05) is 26.8 Å². The van der Waals surface area contributed by atoms with E-state index in [1.165, 1.54) is 0 Å². The second-order valence-corrected chi connectivity index (χ2v) is 5.34. The van der Waals surface area contributed by atoms with Crippen LogP contribution >= 0.6 is 0 Å². The third kappa shape index (κ3) is 3.20. The van der Waals surface area contributed by atoms with Gasteiger partial charge in [0, 0.05) is 17.7 Å². The van der Waals surface area contributed by atoms with Gasteiger partial charge < -0.3 is 15.5 Å². The quantitative estimate of drug-likeness (QED) is 0.880. The highest BCUT2D eigenvalue weighted by molar-refractivity contribution is 5.64. The van der Waals surface area contributed by atoms with Gasteiger partial charge in [-0.05, 0) is 58.0 Å². The van der Waals surface area contributed by atoms with Gasteiger partial charge in [0.15, 0.2) is 0 Å². The van der Waals surface area contributed by atoms with Crippen LogP contribution in [-0.2, 0) is 6.42 Å². The SMILES string of the molecule is Cc1cc(-c2nc(CCN)[nH]c2C)ccc1OC(C)C. The molecule has 1 heterocycles. The number of benzene rings is 1. The third-order valence-corrected chi connectivity index (χ3v) is 3.13. The lowest BCUT2D eigenvalue weighted by atomic mass is 10.1. The highest BCUT2D eigenvalue weighted by atomic mass is 16.5. The minimum atomic E-state index is 0.183. The molecule has 0 amide bonds. The van der Waals surface area contributed by atoms with Crippen LogP contribution in [0.1, 0.15) is 30.9 Å². The van der Waals surface area contributed by atoms with Crippen molar-refractivity contribution in [3.05, 3.63) is 35.3 Å². The molecule has 2 rings (SSSR count). The molecule has 0 unspecified atom stereocenters. The summed E-state index contributed by atoms with van der Waals surface area (Å²) in [4.78, 5) is 7.91. The van der Waals surface area contributed by atoms with E-state index in [0.29, 0.717) is 6.54 Å². The summed E-state index contributed by atoms with van der Waals surface area (Å²) in [6.07, 6.45) is 0.955. The van der Waals surface area contributed by atoms with Gasteiger partial charge in [-0.25, -0.2) is 4.98 Å². The maximum absolute atomic E-state index is 5.77. The Morgan fingerprint density at radius 2 is 2.05 bits per heavy atom. The van der Waals surface area contributed by atoms with Gasteiger partial charge in [-0.15, -0.1) is 0 Å². The van der Waals surface area contributed by atoms with Crippen molar-refractivity contribution < 1.29 is 4.74 Å². The van der Waals surface area contributed by atoms with Gasteiger partial charge in [0.05, 0.1) is 11.8 Å². The summed E-state index contributed by atoms with van der Waals surface area (Å²) in [6.45, 7) is 8.77. The molecule has 108 valence electrons. The minimum absolute atomic E-state index is 0.183. The van der Waals surface area contributed by atoms with E-state index in [9.17, 15) is 0 Å². The zero-order valence-electron chi connectivity index (χ0n) is 12.7. The van der Waals surface area contributed by atoms with Gasteiger partial charge in [0.25, 0.3) is 0 Å². The van der Waals surface area contributed by atoms with Gasteiger partial charge in [-0.2, -0.15) is 0 Å². The van der Waals surface area contributed by atoms with E-state index < -0.39 is 0 Å². The lowest BCUT2D eigenvalue weighted by Gasteiger charge is -2.13. The second kappa shape index (κ2) is 6.09. The molecule has 20 heavy (non-hydrogen) atoms. The van der Waals surface area contributed by atoms with E-state index in [1.54, 1.807) is 0 Å². The molecule has 0 aliphatic carbocycles. The summed E-state index contributed by atoms with van der Waals surface area (Å²) in [5.41, 5.74) is 9.87. The maximum Gasteiger partial charge on any atom is 0.122 e. The van der Waals surface area contributed by atoms with Gasteiger partial charge in [0.1, 0.15) is 11.6 Å². The first-order valence-electron chi connectivity index (χ1n) is 7.04. The van der Waals surface area contributed by atoms with E-state index in [0.717, 1.165) is 40.5 Å². The number of H-pyrrole nitrogens is 1. The number of rotatable bonds is 5. The van der Waals surface area contributed by atoms with Crippen molar-refractivity contribution in [1.82, 2.24) is 9.97 Å². The summed E-state index contributed by atoms with van der Waals surface area (Å²) < 4.78 is 5.77. The summed E-state index contributed by atoms with van der Waals surface area (Å²) >= 11 is 0. The summed E-state index contributed by atoms with van der Waals surface area (Å²) in [6, 6.07) is 6.19. The number of imidazole rings is 1. The Hall–Kier alpha value is -1.81. The highest BCUT2D eigenvalue weighted by Crippen LogP contribution is 2.27. The molecule has 2 aromatic rings. The largest absolute Gasteiger partial charge is 0.491 e. The third-order valence-electron chi connectivity index (χ3n) is 3.13. The van der Waals surface area contributed by atoms with E-state index >= 15 is 0 Å². The lowest BCUT2D eigenvalue weighted by Crippen LogP contribution is -2.06. The van der Waals surface area contributed by atoms with Crippen LogP contribution in [-0.4, -0.2) is 22.6 Å².